The molecule has 0 atom stereocenters. The number of nitrogens with one attached hydrogen (secondary N) is 1. The second-order valence-electron chi connectivity index (χ2n) is 6.10. The number of hydrogen-bond donors (Lipinski definition) is 2. The number of aromatic nitrogens is 1. The molecular formula is C16H19N3OS. The van der Waals surface area contributed by atoms with Crippen molar-refractivity contribution >= 4 is 33.1 Å². The highest BCUT2D eigenvalue weighted by Crippen LogP contribution is 2.35. The van der Waals surface area contributed by atoms with Crippen LogP contribution < -0.4 is 11.1 Å². The van der Waals surface area contributed by atoms with Crippen molar-refractivity contribution in [2.45, 2.75) is 51.0 Å². The monoisotopic (exact) mass is 301 g/mol. The first kappa shape index (κ1) is 13.1. The molecule has 0 radical (unpaired) electrons. The largest absolute Gasteiger partial charge is 0.397 e. The summed E-state index contributed by atoms with van der Waals surface area (Å²) in [5, 5.41) is 3.97. The number of pyridine rings is 1. The van der Waals surface area contributed by atoms with Gasteiger partial charge in [0.05, 0.1) is 5.69 Å². The molecule has 1 fully saturated rings. The number of carbonyl (C=O) groups excluding carboxylic acids is 1. The Morgan fingerprint density at radius 3 is 2.90 bits per heavy atom. The van der Waals surface area contributed by atoms with Crippen molar-refractivity contribution in [1.29, 1.82) is 0 Å². The summed E-state index contributed by atoms with van der Waals surface area (Å²) in [5.74, 6) is -0.0341. The molecular weight excluding hydrogens is 282 g/mol. The van der Waals surface area contributed by atoms with Crippen LogP contribution in [0.3, 0.4) is 0 Å². The van der Waals surface area contributed by atoms with Gasteiger partial charge in [-0.05, 0) is 50.2 Å². The van der Waals surface area contributed by atoms with Gasteiger partial charge >= 0.3 is 0 Å². The van der Waals surface area contributed by atoms with E-state index in [0.29, 0.717) is 16.6 Å². The van der Waals surface area contributed by atoms with Gasteiger partial charge in [0.15, 0.2) is 0 Å². The summed E-state index contributed by atoms with van der Waals surface area (Å²) in [6.45, 7) is 0. The molecule has 110 valence electrons. The molecule has 0 spiro atoms. The van der Waals surface area contributed by atoms with Gasteiger partial charge in [0.1, 0.15) is 9.71 Å². The Hall–Kier alpha value is -1.62. The quantitative estimate of drug-likeness (QED) is 0.838. The molecule has 4 nitrogen and oxygen atoms in total. The molecule has 3 N–H and O–H groups in total. The van der Waals surface area contributed by atoms with Gasteiger partial charge < -0.3 is 11.1 Å². The summed E-state index contributed by atoms with van der Waals surface area (Å²) in [6.07, 6.45) is 8.01. The van der Waals surface area contributed by atoms with E-state index in [0.717, 1.165) is 35.9 Å². The summed E-state index contributed by atoms with van der Waals surface area (Å²) in [7, 11) is 0. The minimum atomic E-state index is -0.0341. The van der Waals surface area contributed by atoms with Crippen LogP contribution in [0.1, 0.15) is 53.0 Å². The Labute approximate surface area is 127 Å². The van der Waals surface area contributed by atoms with Crippen LogP contribution >= 0.6 is 11.3 Å². The second-order valence-corrected chi connectivity index (χ2v) is 7.10. The maximum Gasteiger partial charge on any atom is 0.263 e. The molecule has 2 aromatic heterocycles. The van der Waals surface area contributed by atoms with E-state index >= 15 is 0 Å². The van der Waals surface area contributed by atoms with Crippen molar-refractivity contribution in [2.75, 3.05) is 5.73 Å². The lowest BCUT2D eigenvalue weighted by Crippen LogP contribution is -2.25. The van der Waals surface area contributed by atoms with Gasteiger partial charge in [0.2, 0.25) is 0 Å². The van der Waals surface area contributed by atoms with Crippen LogP contribution in [0.5, 0.6) is 0 Å². The van der Waals surface area contributed by atoms with E-state index < -0.39 is 0 Å². The first-order chi connectivity index (χ1) is 10.2. The maximum atomic E-state index is 12.3. The Morgan fingerprint density at radius 2 is 2.10 bits per heavy atom. The standard InChI is InChI=1S/C16H19N3OS/c17-13-11-8-9-4-2-1-3-5-12(9)19-16(11)21-14(13)15(20)18-10-6-7-10/h8,10H,1-7,17H2,(H,18,20). The van der Waals surface area contributed by atoms with Gasteiger partial charge in [0, 0.05) is 17.1 Å². The summed E-state index contributed by atoms with van der Waals surface area (Å²) in [5.41, 5.74) is 9.34. The van der Waals surface area contributed by atoms with Crippen LogP contribution in [0.4, 0.5) is 5.69 Å². The zero-order valence-electron chi connectivity index (χ0n) is 11.9. The summed E-state index contributed by atoms with van der Waals surface area (Å²) in [6, 6.07) is 2.52. The van der Waals surface area contributed by atoms with E-state index in [-0.39, 0.29) is 5.91 Å². The molecule has 0 unspecified atom stereocenters. The smallest absolute Gasteiger partial charge is 0.263 e. The molecule has 5 heteroatoms. The number of carbonyl (C=O) groups is 1. The molecule has 2 aliphatic rings. The van der Waals surface area contributed by atoms with E-state index in [1.54, 1.807) is 0 Å². The fourth-order valence-corrected chi connectivity index (χ4v) is 3.98. The van der Waals surface area contributed by atoms with Crippen LogP contribution in [-0.2, 0) is 12.8 Å². The number of nitrogens with two attached hydrogens (primary N) is 1. The summed E-state index contributed by atoms with van der Waals surface area (Å²) < 4.78 is 0. The number of hydrogen-bond acceptors (Lipinski definition) is 4. The van der Waals surface area contributed by atoms with Crippen LogP contribution in [0, 0.1) is 0 Å². The van der Waals surface area contributed by atoms with Crippen LogP contribution in [0.15, 0.2) is 6.07 Å². The minimum Gasteiger partial charge on any atom is -0.397 e. The van der Waals surface area contributed by atoms with Crippen molar-refractivity contribution in [3.63, 3.8) is 0 Å². The van der Waals surface area contributed by atoms with Crippen LogP contribution in [0.2, 0.25) is 0 Å². The van der Waals surface area contributed by atoms with Gasteiger partial charge in [0.25, 0.3) is 5.91 Å². The zero-order valence-corrected chi connectivity index (χ0v) is 12.8. The van der Waals surface area contributed by atoms with E-state index in [9.17, 15) is 4.79 Å². The van der Waals surface area contributed by atoms with Crippen LogP contribution in [0.25, 0.3) is 10.2 Å². The van der Waals surface area contributed by atoms with E-state index in [1.165, 1.54) is 41.9 Å². The molecule has 21 heavy (non-hydrogen) atoms. The third kappa shape index (κ3) is 2.39. The van der Waals surface area contributed by atoms with Gasteiger partial charge in [-0.3, -0.25) is 4.79 Å². The van der Waals surface area contributed by atoms with Gasteiger partial charge in [-0.1, -0.05) is 6.42 Å². The summed E-state index contributed by atoms with van der Waals surface area (Å²) in [4.78, 5) is 18.6. The molecule has 2 aromatic rings. The van der Waals surface area contributed by atoms with Crippen molar-refractivity contribution in [3.8, 4) is 0 Å². The fraction of sp³-hybridized carbons (Fsp3) is 0.500. The Morgan fingerprint density at radius 1 is 1.29 bits per heavy atom. The zero-order chi connectivity index (χ0) is 14.4. The number of nitrogens with zero attached hydrogens (tertiary/aromatic N) is 1. The molecule has 0 aliphatic heterocycles. The number of rotatable bonds is 2. The summed E-state index contributed by atoms with van der Waals surface area (Å²) >= 11 is 1.43. The maximum absolute atomic E-state index is 12.3. The second kappa shape index (κ2) is 4.98. The fourth-order valence-electron chi connectivity index (χ4n) is 2.98. The lowest BCUT2D eigenvalue weighted by Gasteiger charge is -2.04. The Kier molecular flexibility index (Phi) is 3.10. The topological polar surface area (TPSA) is 68.0 Å². The number of aryl methyl sites for hydroxylation is 2. The highest BCUT2D eigenvalue weighted by molar-refractivity contribution is 7.21. The van der Waals surface area contributed by atoms with Gasteiger partial charge in [-0.15, -0.1) is 11.3 Å². The normalized spacial score (nSPS) is 18.3. The van der Waals surface area contributed by atoms with E-state index in [1.807, 2.05) is 0 Å². The lowest BCUT2D eigenvalue weighted by molar-refractivity contribution is 0.0956. The van der Waals surface area contributed by atoms with Crippen molar-refractivity contribution < 1.29 is 4.79 Å². The lowest BCUT2D eigenvalue weighted by atomic mass is 10.1. The Balaban J connectivity index is 1.76. The van der Waals surface area contributed by atoms with Gasteiger partial charge in [-0.2, -0.15) is 0 Å². The molecule has 0 saturated heterocycles. The van der Waals surface area contributed by atoms with Crippen molar-refractivity contribution in [2.24, 2.45) is 0 Å². The molecule has 4 rings (SSSR count). The van der Waals surface area contributed by atoms with Gasteiger partial charge in [-0.25, -0.2) is 4.98 Å². The minimum absolute atomic E-state index is 0.0341. The third-order valence-corrected chi connectivity index (χ3v) is 5.48. The van der Waals surface area contributed by atoms with Crippen LogP contribution in [-0.4, -0.2) is 16.9 Å². The predicted octanol–water partition coefficient (Wildman–Crippen LogP) is 3.04. The molecule has 1 amide bonds. The highest BCUT2D eigenvalue weighted by atomic mass is 32.1. The Bertz CT molecular complexity index is 718. The third-order valence-electron chi connectivity index (χ3n) is 4.37. The SMILES string of the molecule is Nc1c(C(=O)NC2CC2)sc2nc3c(cc12)CCCCC3. The molecule has 1 saturated carbocycles. The van der Waals surface area contributed by atoms with E-state index in [2.05, 4.69) is 11.4 Å². The van der Waals surface area contributed by atoms with Crippen molar-refractivity contribution in [1.82, 2.24) is 10.3 Å². The number of amides is 1. The predicted molar refractivity (Wildman–Crippen MR) is 85.8 cm³/mol. The van der Waals surface area contributed by atoms with Crippen molar-refractivity contribution in [3.05, 3.63) is 22.2 Å². The molecule has 0 aromatic carbocycles. The average Bonchev–Trinajstić information content (AvgIpc) is 3.25. The molecule has 2 aliphatic carbocycles. The first-order valence-corrected chi connectivity index (χ1v) is 8.55. The number of fused-ring (bicyclic) bond motifs is 2. The number of anilines is 1. The number of thiophene rings is 1. The average molecular weight is 301 g/mol. The van der Waals surface area contributed by atoms with E-state index in [4.69, 9.17) is 10.7 Å². The molecule has 0 bridgehead atoms. The first-order valence-electron chi connectivity index (χ1n) is 7.74. The molecule has 2 heterocycles. The highest BCUT2D eigenvalue weighted by Gasteiger charge is 2.26. The number of nitrogen functional groups attached to an aromatic ring is 1.